The lowest BCUT2D eigenvalue weighted by Gasteiger charge is -2.34. The smallest absolute Gasteiger partial charge is 0.410 e. The van der Waals surface area contributed by atoms with Crippen LogP contribution in [0.15, 0.2) is 142 Å². The van der Waals surface area contributed by atoms with Gasteiger partial charge in [-0.05, 0) is 154 Å². The first-order chi connectivity index (χ1) is 64.9. The molecule has 0 radical (unpaired) electrons. The second kappa shape index (κ2) is 49.7. The molecule has 42 nitrogen and oxygen atoms in total. The van der Waals surface area contributed by atoms with Gasteiger partial charge in [-0.3, -0.25) is 66.2 Å². The van der Waals surface area contributed by atoms with E-state index < -0.39 is 69.4 Å². The molecule has 0 aliphatic carbocycles. The van der Waals surface area contributed by atoms with Crippen molar-refractivity contribution in [2.24, 2.45) is 28.2 Å². The summed E-state index contributed by atoms with van der Waals surface area (Å²) in [6, 6.07) is 13.6. The third-order valence-electron chi connectivity index (χ3n) is 21.4. The van der Waals surface area contributed by atoms with Crippen molar-refractivity contribution in [1.29, 1.82) is 0 Å². The fourth-order valence-corrected chi connectivity index (χ4v) is 15.8. The Hall–Kier alpha value is -13.2. The van der Waals surface area contributed by atoms with E-state index in [1.807, 2.05) is 20.8 Å². The number of hydrogen-bond acceptors (Lipinski definition) is 30. The molecule has 11 aromatic rings. The summed E-state index contributed by atoms with van der Waals surface area (Å²) in [4.78, 5) is 174. The number of carbonyl (C=O) groups excluding carboxylic acids is 7. The summed E-state index contributed by atoms with van der Waals surface area (Å²) in [6.45, 7) is 15.4. The average Bonchev–Trinajstić information content (AvgIpc) is 1.11. The number of halogens is 7. The number of piperidine rings is 4. The minimum absolute atomic E-state index is 0. The van der Waals surface area contributed by atoms with Crippen LogP contribution in [0.5, 0.6) is 23.0 Å². The van der Waals surface area contributed by atoms with Crippen LogP contribution in [0.2, 0.25) is 30.1 Å². The van der Waals surface area contributed by atoms with Crippen molar-refractivity contribution in [2.45, 2.75) is 130 Å². The van der Waals surface area contributed by atoms with Gasteiger partial charge >= 0.3 is 12.1 Å². The molecule has 0 spiro atoms. The lowest BCUT2D eigenvalue weighted by molar-refractivity contribution is 0.0193. The van der Waals surface area contributed by atoms with E-state index in [0.29, 0.717) is 136 Å². The molecule has 0 unspecified atom stereocenters. The Morgan fingerprint density at radius 1 is 0.442 bits per heavy atom. The Bertz CT molecular complexity index is 6410. The number of anilines is 4. The highest BCUT2D eigenvalue weighted by Crippen LogP contribution is 2.35. The van der Waals surface area contributed by atoms with Crippen molar-refractivity contribution in [3.63, 3.8) is 0 Å². The van der Waals surface area contributed by atoms with Gasteiger partial charge in [-0.25, -0.2) is 29.5 Å². The number of carboxylic acids is 1. The second-order valence-electron chi connectivity index (χ2n) is 32.0. The molecule has 4 fully saturated rings. The third kappa shape index (κ3) is 27.4. The molecule has 738 valence electrons. The van der Waals surface area contributed by atoms with Gasteiger partial charge in [0.05, 0.1) is 80.3 Å². The Kier molecular flexibility index (Phi) is 39.0. The van der Waals surface area contributed by atoms with Crippen molar-refractivity contribution < 1.29 is 85.6 Å². The number of hydrogen-bond donors (Lipinski definition) is 7. The van der Waals surface area contributed by atoms with E-state index in [2.05, 4.69) is 71.7 Å². The van der Waals surface area contributed by atoms with Gasteiger partial charge in [0, 0.05) is 109 Å². The molecule has 0 bridgehead atoms. The first-order valence-electron chi connectivity index (χ1n) is 42.6. The Balaban J connectivity index is 0.000000198. The molecule has 15 rings (SSSR count). The van der Waals surface area contributed by atoms with Gasteiger partial charge in [0.15, 0.2) is 22.8 Å². The van der Waals surface area contributed by atoms with Crippen LogP contribution in [0.1, 0.15) is 220 Å². The number of rotatable bonds is 21. The topological polar surface area (TPSA) is 527 Å². The number of nitrogens with zero attached hydrogens (tertiary/aromatic N) is 15. The zero-order valence-corrected chi connectivity index (χ0v) is 80.9. The lowest BCUT2D eigenvalue weighted by Crippen LogP contribution is -2.43. The van der Waals surface area contributed by atoms with Gasteiger partial charge in [-0.2, -0.15) is 0 Å². The SMILES string of the molecule is C.CCOc1c(C(=O)Nc2cnoc2)nc([C@H]2CCCN(C(=O)OC(C)(C)C)C2)n(C)c1=O.CCOc1c(C(=O)Nc2cnoc2)nc([C@H]2CCCN(C(=O)c3ccc(Cl)c(Cl)c3)C2)n(C)c1=O.CCOc1c(C(=O)Nc2cnoc2)nc([C@H]2CCCNC2)n(C)c1=O.Cl.Cn1c([C@H]2CCCN(C(=O)c3ccc(Cl)c(Cl)c3)C2)nc(C(=O)Nc2cnoc2)c(O)c1=O.O=C(O)c1ccc(Cl)c(Cl)c1. The van der Waals surface area contributed by atoms with Gasteiger partial charge < -0.3 is 88.5 Å². The number of carbonyl (C=O) groups is 8. The number of carboxylic acid groups (broad SMARTS) is 1. The predicted octanol–water partition coefficient (Wildman–Crippen LogP) is 14.0. The van der Waals surface area contributed by atoms with E-state index >= 15 is 0 Å². The first-order valence-corrected chi connectivity index (χ1v) is 44.8. The van der Waals surface area contributed by atoms with Crippen molar-refractivity contribution in [3.05, 3.63) is 239 Å². The average molecular weight is 2050 g/mol. The van der Waals surface area contributed by atoms with E-state index in [9.17, 15) is 62.6 Å². The lowest BCUT2D eigenvalue weighted by atomic mass is 9.96. The molecule has 4 aliphatic rings. The number of aromatic hydroxyl groups is 1. The zero-order chi connectivity index (χ0) is 98.5. The summed E-state index contributed by atoms with van der Waals surface area (Å²) in [5.74, 6) is -4.20. The fraction of sp³-hybridized carbons (Fsp3) is 0.393. The molecular weight excluding hydrogens is 1950 g/mol. The maximum atomic E-state index is 13.1. The summed E-state index contributed by atoms with van der Waals surface area (Å²) in [7, 11) is 6.28. The first kappa shape index (κ1) is 108. The highest BCUT2D eigenvalue weighted by atomic mass is 35.5. The summed E-state index contributed by atoms with van der Waals surface area (Å²) in [5.41, 5.74) is -1.16. The zero-order valence-electron chi connectivity index (χ0n) is 75.5. The minimum Gasteiger partial charge on any atom is -0.501 e. The van der Waals surface area contributed by atoms with E-state index in [1.165, 1.54) is 105 Å². The van der Waals surface area contributed by atoms with Gasteiger partial charge in [-0.1, -0.05) is 97.7 Å². The molecule has 0 saturated carbocycles. The van der Waals surface area contributed by atoms with Crippen molar-refractivity contribution in [1.82, 2.24) is 78.8 Å². The molecule has 8 aromatic heterocycles. The van der Waals surface area contributed by atoms with Gasteiger partial charge in [0.1, 0.15) is 76.7 Å². The number of ether oxygens (including phenoxy) is 4. The molecule has 7 N–H and O–H groups in total. The number of benzene rings is 3. The predicted molar refractivity (Wildman–Crippen MR) is 512 cm³/mol. The van der Waals surface area contributed by atoms with Crippen LogP contribution in [0.4, 0.5) is 27.5 Å². The summed E-state index contributed by atoms with van der Waals surface area (Å²) in [5, 5.41) is 48.3. The molecule has 49 heteroatoms. The van der Waals surface area contributed by atoms with Crippen LogP contribution >= 0.6 is 82.0 Å². The van der Waals surface area contributed by atoms with Crippen LogP contribution in [0.25, 0.3) is 0 Å². The quantitative estimate of drug-likeness (QED) is 0.0351. The van der Waals surface area contributed by atoms with Crippen molar-refractivity contribution in [3.8, 4) is 23.0 Å². The Morgan fingerprint density at radius 3 is 1.06 bits per heavy atom. The Morgan fingerprint density at radius 2 is 0.746 bits per heavy atom. The highest BCUT2D eigenvalue weighted by Gasteiger charge is 2.37. The molecule has 4 atom stereocenters. The minimum atomic E-state index is -1.01. The normalized spacial score (nSPS) is 15.5. The van der Waals surface area contributed by atoms with E-state index in [0.717, 1.165) is 32.4 Å². The molecular formula is C89H101Cl7N20O22. The number of amides is 7. The molecule has 4 aliphatic heterocycles. The highest BCUT2D eigenvalue weighted by molar-refractivity contribution is 6.43. The van der Waals surface area contributed by atoms with Crippen LogP contribution < -0.4 is 63.0 Å². The van der Waals surface area contributed by atoms with Crippen LogP contribution in [0, 0.1) is 0 Å². The number of nitrogens with one attached hydrogen (secondary N) is 5. The van der Waals surface area contributed by atoms with E-state index in [-0.39, 0.29) is 143 Å². The Labute approximate surface area is 824 Å². The van der Waals surface area contributed by atoms with Crippen LogP contribution in [0.3, 0.4) is 0 Å². The fourth-order valence-electron chi connectivity index (χ4n) is 14.9. The second-order valence-corrected chi connectivity index (χ2v) is 34.5. The summed E-state index contributed by atoms with van der Waals surface area (Å²) in [6.07, 6.45) is 15.9. The maximum Gasteiger partial charge on any atom is 0.410 e. The van der Waals surface area contributed by atoms with E-state index in [1.54, 1.807) is 80.9 Å². The number of aromatic nitrogens is 12. The number of likely N-dealkylation sites (tertiary alicyclic amines) is 3. The molecule has 138 heavy (non-hydrogen) atoms. The van der Waals surface area contributed by atoms with Crippen LogP contribution in [-0.4, -0.2) is 209 Å². The monoisotopic (exact) mass is 2050 g/mol. The molecule has 4 saturated heterocycles. The van der Waals surface area contributed by atoms with Gasteiger partial charge in [0.2, 0.25) is 23.0 Å². The standard InChI is InChI=1S/C23H23Cl2N5O5.C21H19Cl2N5O5.C21H29N5O6.C16H21N5O4.C7H4Cl2O2.CH4.ClH/c1-3-34-19-18(21(31)27-15-10-26-35-12-15)28-20(29(2)23(19)33)14-5-4-8-30(11-14)22(32)13-6-7-16(24)17(25)9-13;1-27-18(26-16(17(29)21(27)32)19(30)25-13-8-24-33-10-13)12-3-2-6-28(9-12)20(31)11-4-5-14(22)15(23)7-11;1-6-30-16-15(18(27)23-14-10-22-31-12-14)24-17(25(5)19(16)28)13-8-7-9-26(11-13)20(29)32-21(2,3)4;1-3-24-13-12(15(22)19-11-8-18-25-9-11)20-14(21(2)16(13)23)10-5-4-6-17-7-10;8-5-2-1-4(7(10)11)3-6(5)9;;/h6-7,9-10,12,14H,3-5,8,11H2,1-2H3,(H,27,31);4-5,7-8,10,12,29H,2-3,6,9H2,1H3,(H,25,30);10,12-13H,6-9,11H2,1-5H3,(H,23,27);8-10,17H,3-7H2,1-2H3,(H,19,22);1-3H,(H,10,11);1H4;1H/t14-;12-;13-;10-;;;/m0000.../s1. The molecule has 12 heterocycles. The summed E-state index contributed by atoms with van der Waals surface area (Å²) < 4.78 is 46.1. The van der Waals surface area contributed by atoms with Crippen molar-refractivity contribution >= 4 is 152 Å². The van der Waals surface area contributed by atoms with Crippen molar-refractivity contribution in [2.75, 3.05) is 93.4 Å². The van der Waals surface area contributed by atoms with Crippen LogP contribution in [-0.2, 0) is 32.9 Å². The summed E-state index contributed by atoms with van der Waals surface area (Å²) >= 11 is 35.2. The molecule has 3 aromatic carbocycles. The largest absolute Gasteiger partial charge is 0.501 e. The van der Waals surface area contributed by atoms with Gasteiger partial charge in [0.25, 0.3) is 57.7 Å². The molecule has 7 amide bonds. The maximum absolute atomic E-state index is 13.1. The third-order valence-corrected chi connectivity index (χ3v) is 23.6. The number of aromatic carboxylic acids is 1. The van der Waals surface area contributed by atoms with E-state index in [4.69, 9.17) is 107 Å². The van der Waals surface area contributed by atoms with Gasteiger partial charge in [-0.15, -0.1) is 12.4 Å².